The van der Waals surface area contributed by atoms with Gasteiger partial charge in [0, 0.05) is 53.1 Å². The van der Waals surface area contributed by atoms with Gasteiger partial charge < -0.3 is 9.88 Å². The maximum atomic E-state index is 12.8. The van der Waals surface area contributed by atoms with Gasteiger partial charge in [-0.1, -0.05) is 41.9 Å². The smallest absolute Gasteiger partial charge is 0.223 e. The van der Waals surface area contributed by atoms with Crippen LogP contribution in [0, 0.1) is 6.92 Å². The molecule has 4 nitrogen and oxygen atoms in total. The van der Waals surface area contributed by atoms with Gasteiger partial charge in [-0.2, -0.15) is 0 Å². The van der Waals surface area contributed by atoms with E-state index in [1.165, 1.54) is 5.56 Å². The zero-order valence-electron chi connectivity index (χ0n) is 16.6. The van der Waals surface area contributed by atoms with Gasteiger partial charge in [0.05, 0.1) is 0 Å². The fourth-order valence-electron chi connectivity index (χ4n) is 4.35. The number of ketones is 1. The number of carbonyl (C=O) groups excluding carboxylic acids is 2. The van der Waals surface area contributed by atoms with Crippen LogP contribution in [0.4, 0.5) is 0 Å². The molecule has 150 valence electrons. The lowest BCUT2D eigenvalue weighted by molar-refractivity contribution is -0.132. The topological polar surface area (TPSA) is 53.2 Å². The van der Waals surface area contributed by atoms with E-state index in [-0.39, 0.29) is 24.5 Å². The third kappa shape index (κ3) is 4.23. The van der Waals surface area contributed by atoms with E-state index >= 15 is 0 Å². The van der Waals surface area contributed by atoms with Crippen molar-refractivity contribution in [2.24, 2.45) is 0 Å². The molecular weight excluding hydrogens is 384 g/mol. The third-order valence-electron chi connectivity index (χ3n) is 5.91. The molecule has 3 aromatic rings. The van der Waals surface area contributed by atoms with Gasteiger partial charge in [-0.15, -0.1) is 0 Å². The number of nitrogens with one attached hydrogen (secondary N) is 1. The normalized spacial score (nSPS) is 15.0. The number of aromatic nitrogens is 1. The van der Waals surface area contributed by atoms with Crippen LogP contribution in [0.1, 0.15) is 53.2 Å². The summed E-state index contributed by atoms with van der Waals surface area (Å²) in [6, 6.07) is 16.0. The summed E-state index contributed by atoms with van der Waals surface area (Å²) >= 11 is 6.10. The van der Waals surface area contributed by atoms with Crippen LogP contribution in [0.5, 0.6) is 0 Å². The van der Waals surface area contributed by atoms with Crippen LogP contribution in [-0.4, -0.2) is 34.7 Å². The van der Waals surface area contributed by atoms with Crippen LogP contribution in [0.2, 0.25) is 5.02 Å². The second-order valence-corrected chi connectivity index (χ2v) is 8.24. The highest BCUT2D eigenvalue weighted by Crippen LogP contribution is 2.29. The van der Waals surface area contributed by atoms with Crippen molar-refractivity contribution in [2.45, 2.75) is 38.5 Å². The summed E-state index contributed by atoms with van der Waals surface area (Å²) in [5, 5.41) is 1.43. The average molecular weight is 409 g/mol. The van der Waals surface area contributed by atoms with E-state index < -0.39 is 0 Å². The molecule has 1 fully saturated rings. The SMILES string of the molecule is Cc1[nH]c2ccc(Cl)cc2c1C(=O)CCC(=O)N1CCC(c2ccccc2)CC1. The number of halogens is 1. The molecule has 1 aromatic heterocycles. The number of amides is 1. The van der Waals surface area contributed by atoms with Crippen LogP contribution in [-0.2, 0) is 4.79 Å². The fraction of sp³-hybridized carbons (Fsp3) is 0.333. The largest absolute Gasteiger partial charge is 0.358 e. The van der Waals surface area contributed by atoms with Gasteiger partial charge in [-0.05, 0) is 49.4 Å². The molecule has 29 heavy (non-hydrogen) atoms. The number of rotatable bonds is 5. The number of hydrogen-bond donors (Lipinski definition) is 1. The number of piperidine rings is 1. The molecule has 1 saturated heterocycles. The second kappa shape index (κ2) is 8.42. The molecule has 0 atom stereocenters. The molecule has 1 aliphatic rings. The number of likely N-dealkylation sites (tertiary alicyclic amines) is 1. The van der Waals surface area contributed by atoms with Gasteiger partial charge in [0.15, 0.2) is 5.78 Å². The van der Waals surface area contributed by atoms with E-state index in [0.717, 1.165) is 42.5 Å². The molecule has 4 rings (SSSR count). The predicted octanol–water partition coefficient (Wildman–Crippen LogP) is 5.50. The Morgan fingerprint density at radius 2 is 1.79 bits per heavy atom. The number of carbonyl (C=O) groups is 2. The Hall–Kier alpha value is -2.59. The maximum Gasteiger partial charge on any atom is 0.223 e. The number of hydrogen-bond acceptors (Lipinski definition) is 2. The van der Waals surface area contributed by atoms with Crippen molar-refractivity contribution < 1.29 is 9.59 Å². The number of benzene rings is 2. The van der Waals surface area contributed by atoms with Gasteiger partial charge in [0.25, 0.3) is 0 Å². The molecule has 2 heterocycles. The van der Waals surface area contributed by atoms with Crippen LogP contribution in [0.25, 0.3) is 10.9 Å². The summed E-state index contributed by atoms with van der Waals surface area (Å²) in [6.07, 6.45) is 2.42. The minimum Gasteiger partial charge on any atom is -0.358 e. The Morgan fingerprint density at radius 3 is 2.52 bits per heavy atom. The van der Waals surface area contributed by atoms with Crippen molar-refractivity contribution in [1.82, 2.24) is 9.88 Å². The highest BCUT2D eigenvalue weighted by Gasteiger charge is 2.24. The molecule has 0 bridgehead atoms. The Morgan fingerprint density at radius 1 is 1.07 bits per heavy atom. The molecule has 0 unspecified atom stereocenters. The van der Waals surface area contributed by atoms with E-state index in [4.69, 9.17) is 11.6 Å². The average Bonchev–Trinajstić information content (AvgIpc) is 3.07. The van der Waals surface area contributed by atoms with Crippen molar-refractivity contribution in [3.05, 3.63) is 70.4 Å². The van der Waals surface area contributed by atoms with Crippen LogP contribution < -0.4 is 0 Å². The van der Waals surface area contributed by atoms with Crippen molar-refractivity contribution in [1.29, 1.82) is 0 Å². The van der Waals surface area contributed by atoms with Gasteiger partial charge in [-0.3, -0.25) is 9.59 Å². The number of nitrogens with zero attached hydrogens (tertiary/aromatic N) is 1. The third-order valence-corrected chi connectivity index (χ3v) is 6.15. The van der Waals surface area contributed by atoms with Gasteiger partial charge in [-0.25, -0.2) is 0 Å². The Bertz CT molecular complexity index is 1030. The van der Waals surface area contributed by atoms with Crippen LogP contribution in [0.3, 0.4) is 0 Å². The van der Waals surface area contributed by atoms with Crippen molar-refractivity contribution in [2.75, 3.05) is 13.1 Å². The summed E-state index contributed by atoms with van der Waals surface area (Å²) in [4.78, 5) is 30.6. The van der Waals surface area contributed by atoms with Crippen molar-refractivity contribution in [3.8, 4) is 0 Å². The lowest BCUT2D eigenvalue weighted by Crippen LogP contribution is -2.38. The maximum absolute atomic E-state index is 12.8. The molecular formula is C24H25ClN2O2. The highest BCUT2D eigenvalue weighted by molar-refractivity contribution is 6.31. The van der Waals surface area contributed by atoms with Gasteiger partial charge >= 0.3 is 0 Å². The molecule has 0 saturated carbocycles. The number of Topliss-reactive ketones (excluding diaryl/α,β-unsaturated/α-hetero) is 1. The number of aromatic amines is 1. The second-order valence-electron chi connectivity index (χ2n) is 7.80. The minimum absolute atomic E-state index is 0.0106. The number of aryl methyl sites for hydroxylation is 1. The Balaban J connectivity index is 1.35. The first-order valence-corrected chi connectivity index (χ1v) is 10.5. The molecule has 0 spiro atoms. The molecule has 1 N–H and O–H groups in total. The van der Waals surface area contributed by atoms with E-state index in [2.05, 4.69) is 29.2 Å². The van der Waals surface area contributed by atoms with E-state index in [1.807, 2.05) is 30.0 Å². The first-order valence-electron chi connectivity index (χ1n) is 10.2. The Kier molecular flexibility index (Phi) is 5.72. The molecule has 0 aliphatic carbocycles. The molecule has 5 heteroatoms. The number of fused-ring (bicyclic) bond motifs is 1. The lowest BCUT2D eigenvalue weighted by Gasteiger charge is -2.32. The minimum atomic E-state index is -0.0106. The van der Waals surface area contributed by atoms with E-state index in [0.29, 0.717) is 16.5 Å². The predicted molar refractivity (Wildman–Crippen MR) is 117 cm³/mol. The zero-order valence-corrected chi connectivity index (χ0v) is 17.3. The van der Waals surface area contributed by atoms with E-state index in [9.17, 15) is 9.59 Å². The first-order chi connectivity index (χ1) is 14.0. The van der Waals surface area contributed by atoms with Gasteiger partial charge in [0.2, 0.25) is 5.91 Å². The summed E-state index contributed by atoms with van der Waals surface area (Å²) in [5.41, 5.74) is 3.72. The summed E-state index contributed by atoms with van der Waals surface area (Å²) in [5.74, 6) is 0.574. The molecule has 1 aliphatic heterocycles. The highest BCUT2D eigenvalue weighted by atomic mass is 35.5. The zero-order chi connectivity index (χ0) is 20.4. The summed E-state index contributed by atoms with van der Waals surface area (Å²) in [6.45, 7) is 3.40. The quantitative estimate of drug-likeness (QED) is 0.567. The summed E-state index contributed by atoms with van der Waals surface area (Å²) in [7, 11) is 0. The van der Waals surface area contributed by atoms with Crippen LogP contribution >= 0.6 is 11.6 Å². The van der Waals surface area contributed by atoms with Crippen LogP contribution in [0.15, 0.2) is 48.5 Å². The Labute approximate surface area is 175 Å². The fourth-order valence-corrected chi connectivity index (χ4v) is 4.52. The molecule has 1 amide bonds. The van der Waals surface area contributed by atoms with Gasteiger partial charge in [0.1, 0.15) is 0 Å². The van der Waals surface area contributed by atoms with Crippen molar-refractivity contribution in [3.63, 3.8) is 0 Å². The number of H-pyrrole nitrogens is 1. The molecule has 0 radical (unpaired) electrons. The standard InChI is InChI=1S/C24H25ClN2O2/c1-16-24(20-15-19(25)7-8-21(20)26-16)22(28)9-10-23(29)27-13-11-18(12-14-27)17-5-3-2-4-6-17/h2-8,15,18,26H,9-14H2,1H3. The van der Waals surface area contributed by atoms with Crippen molar-refractivity contribution >= 4 is 34.2 Å². The van der Waals surface area contributed by atoms with E-state index in [1.54, 1.807) is 6.07 Å². The summed E-state index contributed by atoms with van der Waals surface area (Å²) < 4.78 is 0. The monoisotopic (exact) mass is 408 g/mol. The molecule has 2 aromatic carbocycles. The first kappa shape index (κ1) is 19.7. The lowest BCUT2D eigenvalue weighted by atomic mass is 9.89.